The van der Waals surface area contributed by atoms with E-state index in [2.05, 4.69) is 45.0 Å². The molecule has 5 nitrogen and oxygen atoms in total. The van der Waals surface area contributed by atoms with E-state index in [0.717, 1.165) is 51.9 Å². The van der Waals surface area contributed by atoms with Gasteiger partial charge in [-0.15, -0.1) is 0 Å². The van der Waals surface area contributed by atoms with Crippen molar-refractivity contribution in [2.75, 3.05) is 52.9 Å². The second-order valence-corrected chi connectivity index (χ2v) is 9.40. The SMILES string of the molecule is COC1CCN(C(=O)[C@@H]2CCCN(C3CCN(CCc4ccccc4)CC3)C2)CC1. The lowest BCUT2D eigenvalue weighted by atomic mass is 9.92. The van der Waals surface area contributed by atoms with E-state index in [1.54, 1.807) is 7.11 Å². The fourth-order valence-corrected chi connectivity index (χ4v) is 5.55. The molecule has 1 amide bonds. The molecule has 0 unspecified atom stereocenters. The molecule has 5 heteroatoms. The number of carbonyl (C=O) groups excluding carboxylic acids is 1. The average molecular weight is 414 g/mol. The molecule has 0 N–H and O–H groups in total. The first kappa shape index (κ1) is 21.8. The number of benzene rings is 1. The van der Waals surface area contributed by atoms with Crippen molar-refractivity contribution in [2.24, 2.45) is 5.92 Å². The number of ether oxygens (including phenoxy) is 1. The number of rotatable bonds is 6. The summed E-state index contributed by atoms with van der Waals surface area (Å²) in [5.74, 6) is 0.600. The fourth-order valence-electron chi connectivity index (χ4n) is 5.55. The van der Waals surface area contributed by atoms with Crippen LogP contribution in [0.1, 0.15) is 44.1 Å². The van der Waals surface area contributed by atoms with Gasteiger partial charge in [-0.2, -0.15) is 0 Å². The Hall–Kier alpha value is -1.43. The van der Waals surface area contributed by atoms with Crippen molar-refractivity contribution in [1.82, 2.24) is 14.7 Å². The smallest absolute Gasteiger partial charge is 0.226 e. The lowest BCUT2D eigenvalue weighted by molar-refractivity contribution is -0.140. The van der Waals surface area contributed by atoms with Gasteiger partial charge < -0.3 is 14.5 Å². The van der Waals surface area contributed by atoms with Crippen molar-refractivity contribution < 1.29 is 9.53 Å². The predicted octanol–water partition coefficient (Wildman–Crippen LogP) is 3.04. The number of methoxy groups -OCH3 is 1. The van der Waals surface area contributed by atoms with Gasteiger partial charge in [0.15, 0.2) is 0 Å². The van der Waals surface area contributed by atoms with Crippen LogP contribution in [0.5, 0.6) is 0 Å². The standard InChI is InChI=1S/C25H39N3O2/c1-30-24-12-18-27(19-13-24)25(29)22-8-5-14-28(20-22)23-10-16-26(17-11-23)15-9-21-6-3-2-4-7-21/h2-4,6-7,22-24H,5,8-20H2,1H3/t22-/m1/s1. The number of hydrogen-bond donors (Lipinski definition) is 0. The molecule has 1 aromatic rings. The summed E-state index contributed by atoms with van der Waals surface area (Å²) < 4.78 is 5.46. The van der Waals surface area contributed by atoms with Crippen LogP contribution in [0.2, 0.25) is 0 Å². The Kier molecular flexibility index (Phi) is 7.80. The van der Waals surface area contributed by atoms with Crippen molar-refractivity contribution in [1.29, 1.82) is 0 Å². The molecular weight excluding hydrogens is 374 g/mol. The lowest BCUT2D eigenvalue weighted by Gasteiger charge is -2.43. The van der Waals surface area contributed by atoms with Gasteiger partial charge in [0.2, 0.25) is 5.91 Å². The number of hydrogen-bond acceptors (Lipinski definition) is 4. The van der Waals surface area contributed by atoms with Crippen molar-refractivity contribution in [3.63, 3.8) is 0 Å². The zero-order valence-electron chi connectivity index (χ0n) is 18.7. The number of carbonyl (C=O) groups is 1. The van der Waals surface area contributed by atoms with E-state index in [1.165, 1.54) is 44.5 Å². The minimum absolute atomic E-state index is 0.203. The van der Waals surface area contributed by atoms with E-state index < -0.39 is 0 Å². The monoisotopic (exact) mass is 413 g/mol. The molecule has 0 spiro atoms. The molecule has 3 aliphatic heterocycles. The van der Waals surface area contributed by atoms with Crippen LogP contribution in [-0.4, -0.2) is 85.7 Å². The molecule has 3 aliphatic rings. The summed E-state index contributed by atoms with van der Waals surface area (Å²) in [5.41, 5.74) is 1.44. The lowest BCUT2D eigenvalue weighted by Crippen LogP contribution is -2.52. The highest BCUT2D eigenvalue weighted by Crippen LogP contribution is 2.26. The second kappa shape index (κ2) is 10.7. The van der Waals surface area contributed by atoms with Crippen LogP contribution < -0.4 is 0 Å². The van der Waals surface area contributed by atoms with Crippen LogP contribution in [0.3, 0.4) is 0 Å². The third-order valence-electron chi connectivity index (χ3n) is 7.52. The van der Waals surface area contributed by atoms with Gasteiger partial charge in [0.05, 0.1) is 12.0 Å². The minimum atomic E-state index is 0.203. The van der Waals surface area contributed by atoms with Gasteiger partial charge in [-0.25, -0.2) is 0 Å². The molecule has 3 saturated heterocycles. The highest BCUT2D eigenvalue weighted by molar-refractivity contribution is 5.79. The van der Waals surface area contributed by atoms with E-state index in [0.29, 0.717) is 18.1 Å². The summed E-state index contributed by atoms with van der Waals surface area (Å²) in [6.07, 6.45) is 8.17. The first-order valence-corrected chi connectivity index (χ1v) is 12.0. The second-order valence-electron chi connectivity index (χ2n) is 9.40. The zero-order valence-corrected chi connectivity index (χ0v) is 18.7. The molecule has 0 saturated carbocycles. The highest BCUT2D eigenvalue weighted by Gasteiger charge is 2.34. The van der Waals surface area contributed by atoms with Crippen LogP contribution in [0.4, 0.5) is 0 Å². The van der Waals surface area contributed by atoms with Gasteiger partial charge in [0.1, 0.15) is 0 Å². The largest absolute Gasteiger partial charge is 0.381 e. The molecule has 0 bridgehead atoms. The van der Waals surface area contributed by atoms with Gasteiger partial charge in [-0.1, -0.05) is 30.3 Å². The Labute approximate surface area is 182 Å². The number of likely N-dealkylation sites (tertiary alicyclic amines) is 3. The summed E-state index contributed by atoms with van der Waals surface area (Å²) in [5, 5.41) is 0. The predicted molar refractivity (Wildman–Crippen MR) is 121 cm³/mol. The Morgan fingerprint density at radius 3 is 2.40 bits per heavy atom. The molecule has 4 rings (SSSR count). The molecule has 3 heterocycles. The van der Waals surface area contributed by atoms with Crippen LogP contribution in [0.25, 0.3) is 0 Å². The van der Waals surface area contributed by atoms with Gasteiger partial charge >= 0.3 is 0 Å². The Morgan fingerprint density at radius 2 is 1.70 bits per heavy atom. The Bertz CT molecular complexity index is 652. The van der Waals surface area contributed by atoms with E-state index in [1.807, 2.05) is 0 Å². The molecule has 166 valence electrons. The van der Waals surface area contributed by atoms with Gasteiger partial charge in [0, 0.05) is 39.3 Å². The maximum Gasteiger partial charge on any atom is 0.226 e. The maximum absolute atomic E-state index is 13.1. The summed E-state index contributed by atoms with van der Waals surface area (Å²) in [4.78, 5) is 20.5. The molecule has 30 heavy (non-hydrogen) atoms. The van der Waals surface area contributed by atoms with Gasteiger partial charge in [0.25, 0.3) is 0 Å². The third-order valence-corrected chi connectivity index (χ3v) is 7.52. The van der Waals surface area contributed by atoms with Gasteiger partial charge in [-0.3, -0.25) is 9.69 Å². The van der Waals surface area contributed by atoms with Crippen LogP contribution in [0.15, 0.2) is 30.3 Å². The van der Waals surface area contributed by atoms with Crippen molar-refractivity contribution in [3.05, 3.63) is 35.9 Å². The highest BCUT2D eigenvalue weighted by atomic mass is 16.5. The minimum Gasteiger partial charge on any atom is -0.381 e. The first-order valence-electron chi connectivity index (χ1n) is 12.0. The fraction of sp³-hybridized carbons (Fsp3) is 0.720. The summed E-state index contributed by atoms with van der Waals surface area (Å²) in [7, 11) is 1.79. The Morgan fingerprint density at radius 1 is 0.967 bits per heavy atom. The third kappa shape index (κ3) is 5.63. The topological polar surface area (TPSA) is 36.0 Å². The van der Waals surface area contributed by atoms with Crippen molar-refractivity contribution in [2.45, 2.75) is 57.1 Å². The van der Waals surface area contributed by atoms with E-state index >= 15 is 0 Å². The summed E-state index contributed by atoms with van der Waals surface area (Å²) in [6.45, 7) is 7.42. The molecule has 1 atom stereocenters. The number of amides is 1. The maximum atomic E-state index is 13.1. The van der Waals surface area contributed by atoms with E-state index in [4.69, 9.17) is 4.74 Å². The van der Waals surface area contributed by atoms with Crippen LogP contribution in [0, 0.1) is 5.92 Å². The van der Waals surface area contributed by atoms with Crippen LogP contribution >= 0.6 is 0 Å². The Balaban J connectivity index is 1.21. The molecule has 1 aromatic carbocycles. The molecule has 3 fully saturated rings. The summed E-state index contributed by atoms with van der Waals surface area (Å²) in [6, 6.07) is 11.5. The normalized spacial score (nSPS) is 25.5. The van der Waals surface area contributed by atoms with Gasteiger partial charge in [-0.05, 0) is 70.1 Å². The number of piperidine rings is 3. The van der Waals surface area contributed by atoms with Crippen molar-refractivity contribution >= 4 is 5.91 Å². The van der Waals surface area contributed by atoms with Crippen LogP contribution in [-0.2, 0) is 16.0 Å². The van der Waals surface area contributed by atoms with E-state index in [9.17, 15) is 4.79 Å². The number of nitrogens with zero attached hydrogens (tertiary/aromatic N) is 3. The molecule has 0 radical (unpaired) electrons. The quantitative estimate of drug-likeness (QED) is 0.718. The average Bonchev–Trinajstić information content (AvgIpc) is 2.83. The first-order chi connectivity index (χ1) is 14.7. The summed E-state index contributed by atoms with van der Waals surface area (Å²) >= 11 is 0. The zero-order chi connectivity index (χ0) is 20.8. The molecule has 0 aliphatic carbocycles. The van der Waals surface area contributed by atoms with Crippen molar-refractivity contribution in [3.8, 4) is 0 Å². The molecular formula is C25H39N3O2. The van der Waals surface area contributed by atoms with E-state index in [-0.39, 0.29) is 5.92 Å². The molecule has 0 aromatic heterocycles.